The van der Waals surface area contributed by atoms with Crippen molar-refractivity contribution in [2.24, 2.45) is 29.4 Å². The minimum Gasteiger partial charge on any atom is -0.444 e. The van der Waals surface area contributed by atoms with E-state index in [1.54, 1.807) is 29.2 Å². The summed E-state index contributed by atoms with van der Waals surface area (Å²) in [5, 5.41) is 1.92. The van der Waals surface area contributed by atoms with Crippen LogP contribution in [0.4, 0.5) is 9.59 Å². The van der Waals surface area contributed by atoms with Crippen molar-refractivity contribution in [3.05, 3.63) is 69.7 Å². The maximum Gasteiger partial charge on any atom is 0.410 e. The molecule has 2 N–H and O–H groups in total. The van der Waals surface area contributed by atoms with Crippen molar-refractivity contribution < 1.29 is 28.7 Å². The molecule has 2 aliphatic carbocycles. The molecule has 1 aromatic carbocycles. The number of rotatable bonds is 5. The van der Waals surface area contributed by atoms with E-state index in [0.29, 0.717) is 49.1 Å². The molecule has 8 rings (SSSR count). The maximum absolute atomic E-state index is 12.9. The SMILES string of the molecule is CC(C)(C)OC(=O)N1C[C@@H]2[C@H](C1)C2(CN)c1ccns1.CC(C)(C)OC(=O)N1C[C@@H]2[C@H](C1)C2(CN1C(=O)c2ccccc2C1=O)c1ccsn1. The quantitative estimate of drug-likeness (QED) is 0.359. The molecule has 50 heavy (non-hydrogen) atoms. The molecular weight excluding hydrogens is 677 g/mol. The van der Waals surface area contributed by atoms with Gasteiger partial charge in [-0.3, -0.25) is 14.5 Å². The predicted octanol–water partition coefficient (Wildman–Crippen LogP) is 5.01. The van der Waals surface area contributed by atoms with Gasteiger partial charge in [-0.05, 0) is 113 Å². The van der Waals surface area contributed by atoms with Gasteiger partial charge in [0.2, 0.25) is 0 Å². The van der Waals surface area contributed by atoms with Crippen molar-refractivity contribution in [2.45, 2.75) is 63.6 Å². The topological polar surface area (TPSA) is 148 Å². The van der Waals surface area contributed by atoms with Gasteiger partial charge in [0.15, 0.2) is 0 Å². The van der Waals surface area contributed by atoms with Crippen LogP contribution < -0.4 is 5.73 Å². The number of carbonyl (C=O) groups is 4. The first-order valence-electron chi connectivity index (χ1n) is 17.0. The van der Waals surface area contributed by atoms with Crippen molar-refractivity contribution in [3.63, 3.8) is 0 Å². The number of amides is 4. The summed E-state index contributed by atoms with van der Waals surface area (Å²) in [5.41, 5.74) is 6.51. The third-order valence-corrected chi connectivity index (χ3v) is 12.3. The minimum absolute atomic E-state index is 0.0552. The van der Waals surface area contributed by atoms with Gasteiger partial charge < -0.3 is 25.0 Å². The number of hydrogen-bond acceptors (Lipinski definition) is 11. The number of aromatic nitrogens is 2. The van der Waals surface area contributed by atoms with Gasteiger partial charge in [-0.15, -0.1) is 0 Å². The second-order valence-electron chi connectivity index (χ2n) is 16.0. The fourth-order valence-corrected chi connectivity index (χ4v) is 9.94. The lowest BCUT2D eigenvalue weighted by Gasteiger charge is -2.30. The summed E-state index contributed by atoms with van der Waals surface area (Å²) in [4.78, 5) is 56.6. The molecule has 0 bridgehead atoms. The molecule has 2 unspecified atom stereocenters. The van der Waals surface area contributed by atoms with Gasteiger partial charge in [0.05, 0.1) is 16.8 Å². The highest BCUT2D eigenvalue weighted by molar-refractivity contribution is 7.06. The van der Waals surface area contributed by atoms with Crippen LogP contribution in [-0.2, 0) is 20.3 Å². The Morgan fingerprint density at radius 1 is 0.820 bits per heavy atom. The summed E-state index contributed by atoms with van der Waals surface area (Å²) in [5.74, 6) is 0.715. The number of fused-ring (bicyclic) bond motifs is 3. The molecule has 3 aromatic rings. The number of nitrogens with zero attached hydrogens (tertiary/aromatic N) is 5. The molecule has 4 fully saturated rings. The zero-order valence-electron chi connectivity index (χ0n) is 29.3. The maximum atomic E-state index is 12.9. The third-order valence-electron chi connectivity index (χ3n) is 10.8. The van der Waals surface area contributed by atoms with Gasteiger partial charge in [-0.2, -0.15) is 4.37 Å². The van der Waals surface area contributed by atoms with E-state index < -0.39 is 16.6 Å². The highest BCUT2D eigenvalue weighted by atomic mass is 32.1. The molecule has 3 aliphatic heterocycles. The molecule has 12 nitrogen and oxygen atoms in total. The third kappa shape index (κ3) is 5.78. The van der Waals surface area contributed by atoms with Gasteiger partial charge >= 0.3 is 12.2 Å². The van der Waals surface area contributed by atoms with Gasteiger partial charge in [0.25, 0.3) is 11.8 Å². The van der Waals surface area contributed by atoms with Crippen LogP contribution in [0.25, 0.3) is 0 Å². The van der Waals surface area contributed by atoms with Crippen molar-refractivity contribution in [2.75, 3.05) is 39.3 Å². The Bertz CT molecular complexity index is 1740. The second-order valence-corrected chi connectivity index (χ2v) is 17.5. The summed E-state index contributed by atoms with van der Waals surface area (Å²) in [6, 6.07) is 11.0. The number of hydrogen-bond donors (Lipinski definition) is 1. The van der Waals surface area contributed by atoms with E-state index in [1.807, 2.05) is 64.1 Å². The zero-order chi connectivity index (χ0) is 35.8. The molecule has 266 valence electrons. The lowest BCUT2D eigenvalue weighted by Crippen LogP contribution is -2.44. The Hall–Kier alpha value is -3.88. The lowest BCUT2D eigenvalue weighted by atomic mass is 9.94. The Morgan fingerprint density at radius 2 is 1.32 bits per heavy atom. The van der Waals surface area contributed by atoms with Crippen LogP contribution in [0, 0.1) is 23.7 Å². The lowest BCUT2D eigenvalue weighted by molar-refractivity contribution is 0.0247. The van der Waals surface area contributed by atoms with Crippen molar-refractivity contribution in [1.82, 2.24) is 23.4 Å². The Labute approximate surface area is 300 Å². The first-order valence-corrected chi connectivity index (χ1v) is 18.6. The summed E-state index contributed by atoms with van der Waals surface area (Å²) >= 11 is 2.89. The average Bonchev–Trinajstić information content (AvgIpc) is 3.66. The van der Waals surface area contributed by atoms with Gasteiger partial charge in [-0.1, -0.05) is 12.1 Å². The largest absolute Gasteiger partial charge is 0.444 e. The van der Waals surface area contributed by atoms with E-state index in [2.05, 4.69) is 14.8 Å². The van der Waals surface area contributed by atoms with Gasteiger partial charge in [0.1, 0.15) is 11.2 Å². The fraction of sp³-hybridized carbons (Fsp3) is 0.556. The molecule has 5 heterocycles. The van der Waals surface area contributed by atoms with E-state index in [9.17, 15) is 19.2 Å². The average molecular weight is 721 g/mol. The number of likely N-dealkylation sites (tertiary alicyclic amines) is 2. The molecule has 2 aromatic heterocycles. The molecule has 6 atom stereocenters. The second kappa shape index (κ2) is 12.1. The van der Waals surface area contributed by atoms with Crippen LogP contribution in [0.15, 0.2) is 48.0 Å². The molecule has 0 radical (unpaired) electrons. The van der Waals surface area contributed by atoms with Crippen LogP contribution >= 0.6 is 23.1 Å². The number of benzene rings is 1. The number of ether oxygens (including phenoxy) is 2. The number of imide groups is 1. The first kappa shape index (κ1) is 34.6. The monoisotopic (exact) mass is 720 g/mol. The van der Waals surface area contributed by atoms with Crippen molar-refractivity contribution in [3.8, 4) is 0 Å². The van der Waals surface area contributed by atoms with E-state index in [0.717, 1.165) is 18.8 Å². The van der Waals surface area contributed by atoms with E-state index in [-0.39, 0.29) is 41.3 Å². The smallest absolute Gasteiger partial charge is 0.410 e. The Morgan fingerprint density at radius 3 is 1.72 bits per heavy atom. The van der Waals surface area contributed by atoms with E-state index in [1.165, 1.54) is 32.8 Å². The van der Waals surface area contributed by atoms with Crippen molar-refractivity contribution >= 4 is 47.1 Å². The van der Waals surface area contributed by atoms with Crippen LogP contribution in [0.5, 0.6) is 0 Å². The number of nitrogens with two attached hydrogens (primary N) is 1. The minimum atomic E-state index is -0.546. The summed E-state index contributed by atoms with van der Waals surface area (Å²) in [7, 11) is 0. The molecule has 0 spiro atoms. The zero-order valence-corrected chi connectivity index (χ0v) is 30.9. The van der Waals surface area contributed by atoms with E-state index >= 15 is 0 Å². The van der Waals surface area contributed by atoms with Crippen LogP contribution in [-0.4, -0.2) is 97.9 Å². The summed E-state index contributed by atoms with van der Waals surface area (Å²) < 4.78 is 19.7. The number of piperidine rings is 2. The Balaban J connectivity index is 0.000000170. The van der Waals surface area contributed by atoms with Gasteiger partial charge in [-0.25, -0.2) is 14.0 Å². The summed E-state index contributed by atoms with van der Waals surface area (Å²) in [6.45, 7) is 14.7. The van der Waals surface area contributed by atoms with Crippen LogP contribution in [0.1, 0.15) is 72.8 Å². The first-order chi connectivity index (χ1) is 23.6. The van der Waals surface area contributed by atoms with E-state index in [4.69, 9.17) is 15.2 Å². The van der Waals surface area contributed by atoms with Crippen molar-refractivity contribution in [1.29, 1.82) is 0 Å². The Kier molecular flexibility index (Phi) is 8.38. The highest BCUT2D eigenvalue weighted by Crippen LogP contribution is 2.65. The van der Waals surface area contributed by atoms with Crippen LogP contribution in [0.3, 0.4) is 0 Å². The van der Waals surface area contributed by atoms with Crippen LogP contribution in [0.2, 0.25) is 0 Å². The highest BCUT2D eigenvalue weighted by Gasteiger charge is 2.72. The summed E-state index contributed by atoms with van der Waals surface area (Å²) in [6.07, 6.45) is 1.31. The molecular formula is C36H44N6O6S2. The fourth-order valence-electron chi connectivity index (χ4n) is 8.44. The predicted molar refractivity (Wildman–Crippen MR) is 188 cm³/mol. The number of carbonyl (C=O) groups excluding carboxylic acids is 4. The van der Waals surface area contributed by atoms with Gasteiger partial charge in [0, 0.05) is 66.6 Å². The molecule has 2 saturated carbocycles. The molecule has 4 amide bonds. The standard InChI is InChI=1S/C22H23N3O4S.C14H21N3O2S/c1-21(2,3)29-20(28)24-10-15-16(11-24)22(15,17-8-9-30-23-17)12-25-18(26)13-6-4-5-7-14(13)19(25)27;1-13(2,3)19-12(18)17-6-9-10(7-17)14(9,8-15)11-4-5-16-20-11/h4-9,15-16H,10-12H2,1-3H3;4-5,9-10H,6-8,15H2,1-3H3/t15-,16+,22?;9-,10+,14?. The molecule has 14 heteroatoms. The molecule has 5 aliphatic rings. The molecule has 2 saturated heterocycles. The normalized spacial score (nSPS) is 29.2.